The van der Waals surface area contributed by atoms with E-state index in [0.717, 1.165) is 30.8 Å². The van der Waals surface area contributed by atoms with E-state index >= 15 is 0 Å². The van der Waals surface area contributed by atoms with Crippen LogP contribution in [0.25, 0.3) is 0 Å². The van der Waals surface area contributed by atoms with Gasteiger partial charge in [-0.2, -0.15) is 5.10 Å². The van der Waals surface area contributed by atoms with Gasteiger partial charge in [-0.3, -0.25) is 9.48 Å². The van der Waals surface area contributed by atoms with Crippen molar-refractivity contribution < 1.29 is 14.3 Å². The number of amides is 1. The van der Waals surface area contributed by atoms with Gasteiger partial charge in [-0.25, -0.2) is 4.79 Å². The maximum atomic E-state index is 12.7. The molecule has 0 saturated carbocycles. The number of aromatic nitrogens is 2. The molecule has 0 unspecified atom stereocenters. The summed E-state index contributed by atoms with van der Waals surface area (Å²) < 4.78 is 7.18. The van der Waals surface area contributed by atoms with Crippen molar-refractivity contribution in [2.75, 3.05) is 19.7 Å². The van der Waals surface area contributed by atoms with Crippen LogP contribution in [0.4, 0.5) is 0 Å². The third kappa shape index (κ3) is 5.05. The summed E-state index contributed by atoms with van der Waals surface area (Å²) in [6, 6.07) is 8.24. The molecule has 1 aliphatic rings. The summed E-state index contributed by atoms with van der Waals surface area (Å²) >= 11 is 0. The van der Waals surface area contributed by atoms with Crippen LogP contribution in [0.15, 0.2) is 24.3 Å². The first-order valence-electron chi connectivity index (χ1n) is 10.3. The molecule has 1 aromatic heterocycles. The SMILES string of the molecule is Cc1ccc(Cn2nc(C)c(C(=O)OCC(=O)N3C[C@H](C)C[C@@H](C)C3)c2C)cc1. The topological polar surface area (TPSA) is 64.4 Å². The average molecular weight is 398 g/mol. The molecule has 0 radical (unpaired) electrons. The highest BCUT2D eigenvalue weighted by Crippen LogP contribution is 2.21. The van der Waals surface area contributed by atoms with E-state index in [-0.39, 0.29) is 12.5 Å². The number of likely N-dealkylation sites (tertiary alicyclic amines) is 1. The minimum atomic E-state index is -0.485. The largest absolute Gasteiger partial charge is 0.452 e. The standard InChI is InChI=1S/C23H31N3O3/c1-15-6-8-20(9-7-15)13-26-19(5)22(18(4)24-26)23(28)29-14-21(27)25-11-16(2)10-17(3)12-25/h6-9,16-17H,10-14H2,1-5H3/t16-,17-/m1/s1. The number of ether oxygens (including phenoxy) is 1. The van der Waals surface area contributed by atoms with Crippen LogP contribution in [-0.4, -0.2) is 46.3 Å². The molecule has 0 bridgehead atoms. The third-order valence-corrected chi connectivity index (χ3v) is 5.59. The summed E-state index contributed by atoms with van der Waals surface area (Å²) in [5.74, 6) is 0.339. The quantitative estimate of drug-likeness (QED) is 0.724. The first kappa shape index (κ1) is 21.1. The molecule has 2 aromatic rings. The van der Waals surface area contributed by atoms with Crippen LogP contribution in [0.3, 0.4) is 0 Å². The summed E-state index contributed by atoms with van der Waals surface area (Å²) in [5.41, 5.74) is 4.14. The lowest BCUT2D eigenvalue weighted by molar-refractivity contribution is -0.137. The number of nitrogens with zero attached hydrogens (tertiary/aromatic N) is 3. The molecule has 1 aliphatic heterocycles. The molecule has 29 heavy (non-hydrogen) atoms. The number of hydrogen-bond donors (Lipinski definition) is 0. The van der Waals surface area contributed by atoms with E-state index < -0.39 is 5.97 Å². The summed E-state index contributed by atoms with van der Waals surface area (Å²) in [6.45, 7) is 11.8. The number of rotatable bonds is 5. The van der Waals surface area contributed by atoms with Crippen molar-refractivity contribution in [3.05, 3.63) is 52.3 Å². The number of carbonyl (C=O) groups is 2. The van der Waals surface area contributed by atoms with Crippen LogP contribution >= 0.6 is 0 Å². The fraction of sp³-hybridized carbons (Fsp3) is 0.522. The molecular formula is C23H31N3O3. The molecule has 3 rings (SSSR count). The maximum Gasteiger partial charge on any atom is 0.342 e. The Hall–Kier alpha value is -2.63. The second-order valence-electron chi connectivity index (χ2n) is 8.51. The minimum absolute atomic E-state index is 0.126. The van der Waals surface area contributed by atoms with Crippen LogP contribution in [0, 0.1) is 32.6 Å². The Kier molecular flexibility index (Phi) is 6.40. The number of esters is 1. The Morgan fingerprint density at radius 2 is 1.69 bits per heavy atom. The van der Waals surface area contributed by atoms with Crippen molar-refractivity contribution in [1.29, 1.82) is 0 Å². The van der Waals surface area contributed by atoms with Gasteiger partial charge in [0.1, 0.15) is 5.56 Å². The fourth-order valence-electron chi connectivity index (χ4n) is 4.17. The van der Waals surface area contributed by atoms with Crippen molar-refractivity contribution in [2.45, 2.75) is 47.6 Å². The Bertz CT molecular complexity index is 876. The monoisotopic (exact) mass is 397 g/mol. The van der Waals surface area contributed by atoms with Gasteiger partial charge >= 0.3 is 5.97 Å². The van der Waals surface area contributed by atoms with Crippen molar-refractivity contribution in [3.63, 3.8) is 0 Å². The molecule has 6 heteroatoms. The zero-order valence-electron chi connectivity index (χ0n) is 18.1. The highest BCUT2D eigenvalue weighted by atomic mass is 16.5. The Balaban J connectivity index is 1.64. The van der Waals surface area contributed by atoms with E-state index in [2.05, 4.69) is 43.2 Å². The predicted octanol–water partition coefficient (Wildman–Crippen LogP) is 3.52. The Labute approximate surface area is 172 Å². The molecule has 1 amide bonds. The molecule has 2 heterocycles. The molecular weight excluding hydrogens is 366 g/mol. The molecule has 0 N–H and O–H groups in total. The van der Waals surface area contributed by atoms with Gasteiger partial charge in [0.2, 0.25) is 0 Å². The van der Waals surface area contributed by atoms with Gasteiger partial charge in [0.25, 0.3) is 5.91 Å². The fourth-order valence-corrected chi connectivity index (χ4v) is 4.17. The molecule has 1 saturated heterocycles. The van der Waals surface area contributed by atoms with Crippen LogP contribution in [-0.2, 0) is 16.1 Å². The smallest absolute Gasteiger partial charge is 0.342 e. The second kappa shape index (κ2) is 8.80. The number of aryl methyl sites for hydroxylation is 2. The molecule has 2 atom stereocenters. The van der Waals surface area contributed by atoms with Gasteiger partial charge in [-0.15, -0.1) is 0 Å². The second-order valence-corrected chi connectivity index (χ2v) is 8.51. The van der Waals surface area contributed by atoms with Crippen molar-refractivity contribution in [1.82, 2.24) is 14.7 Å². The van der Waals surface area contributed by atoms with E-state index in [1.807, 2.05) is 23.4 Å². The zero-order chi connectivity index (χ0) is 21.1. The van der Waals surface area contributed by atoms with Crippen molar-refractivity contribution >= 4 is 11.9 Å². The molecule has 1 fully saturated rings. The zero-order valence-corrected chi connectivity index (χ0v) is 18.1. The van der Waals surface area contributed by atoms with Gasteiger partial charge in [-0.05, 0) is 44.6 Å². The van der Waals surface area contributed by atoms with Gasteiger partial charge < -0.3 is 9.64 Å². The third-order valence-electron chi connectivity index (χ3n) is 5.59. The van der Waals surface area contributed by atoms with E-state index in [0.29, 0.717) is 29.6 Å². The van der Waals surface area contributed by atoms with Crippen LogP contribution in [0.5, 0.6) is 0 Å². The van der Waals surface area contributed by atoms with Gasteiger partial charge in [0.15, 0.2) is 6.61 Å². The van der Waals surface area contributed by atoms with E-state index in [4.69, 9.17) is 4.74 Å². The molecule has 156 valence electrons. The first-order chi connectivity index (χ1) is 13.7. The number of benzene rings is 1. The summed E-state index contributed by atoms with van der Waals surface area (Å²) in [4.78, 5) is 27.0. The number of hydrogen-bond acceptors (Lipinski definition) is 4. The lowest BCUT2D eigenvalue weighted by atomic mass is 9.92. The van der Waals surface area contributed by atoms with Crippen molar-refractivity contribution in [3.8, 4) is 0 Å². The Morgan fingerprint density at radius 3 is 2.31 bits per heavy atom. The lowest BCUT2D eigenvalue weighted by Gasteiger charge is -2.34. The summed E-state index contributed by atoms with van der Waals surface area (Å²) in [6.07, 6.45) is 1.13. The van der Waals surface area contributed by atoms with Crippen LogP contribution in [0.1, 0.15) is 53.1 Å². The normalized spacial score (nSPS) is 19.3. The highest BCUT2D eigenvalue weighted by molar-refractivity contribution is 5.93. The highest BCUT2D eigenvalue weighted by Gasteiger charge is 2.27. The van der Waals surface area contributed by atoms with Crippen molar-refractivity contribution in [2.24, 2.45) is 11.8 Å². The maximum absolute atomic E-state index is 12.7. The van der Waals surface area contributed by atoms with E-state index in [1.54, 1.807) is 6.92 Å². The minimum Gasteiger partial charge on any atom is -0.452 e. The van der Waals surface area contributed by atoms with Gasteiger partial charge in [-0.1, -0.05) is 43.7 Å². The summed E-state index contributed by atoms with van der Waals surface area (Å²) in [7, 11) is 0. The van der Waals surface area contributed by atoms with E-state index in [1.165, 1.54) is 5.56 Å². The summed E-state index contributed by atoms with van der Waals surface area (Å²) in [5, 5.41) is 4.51. The molecule has 1 aromatic carbocycles. The molecule has 6 nitrogen and oxygen atoms in total. The average Bonchev–Trinajstić information content (AvgIpc) is 2.94. The molecule has 0 aliphatic carbocycles. The van der Waals surface area contributed by atoms with Gasteiger partial charge in [0, 0.05) is 13.1 Å². The Morgan fingerprint density at radius 1 is 1.07 bits per heavy atom. The molecule has 0 spiro atoms. The van der Waals surface area contributed by atoms with Gasteiger partial charge in [0.05, 0.1) is 17.9 Å². The lowest BCUT2D eigenvalue weighted by Crippen LogP contribution is -2.44. The van der Waals surface area contributed by atoms with Crippen LogP contribution < -0.4 is 0 Å². The number of carbonyl (C=O) groups excluding carboxylic acids is 2. The van der Waals surface area contributed by atoms with Crippen LogP contribution in [0.2, 0.25) is 0 Å². The predicted molar refractivity (Wildman–Crippen MR) is 112 cm³/mol. The first-order valence-corrected chi connectivity index (χ1v) is 10.3. The van der Waals surface area contributed by atoms with E-state index in [9.17, 15) is 9.59 Å². The number of piperidine rings is 1.